The van der Waals surface area contributed by atoms with Gasteiger partial charge in [-0.1, -0.05) is 15.9 Å². The van der Waals surface area contributed by atoms with Crippen LogP contribution >= 0.6 is 15.9 Å². The standard InChI is InChI=1S/C10H14BrNO2/c1-7-6-9(8(2)14-7)10(13)12(3)5-4-11/h6H,4-5H2,1-3H3. The van der Waals surface area contributed by atoms with Gasteiger partial charge in [-0.2, -0.15) is 0 Å². The highest BCUT2D eigenvalue weighted by atomic mass is 79.9. The van der Waals surface area contributed by atoms with Crippen LogP contribution in [0.15, 0.2) is 10.5 Å². The SMILES string of the molecule is Cc1cc(C(=O)N(C)CCBr)c(C)o1. The fraction of sp³-hybridized carbons (Fsp3) is 0.500. The molecule has 0 aliphatic carbocycles. The lowest BCUT2D eigenvalue weighted by molar-refractivity contribution is 0.0802. The van der Waals surface area contributed by atoms with Gasteiger partial charge in [0.2, 0.25) is 0 Å². The molecule has 0 unspecified atom stereocenters. The molecule has 1 rings (SSSR count). The van der Waals surface area contributed by atoms with Crippen molar-refractivity contribution in [1.29, 1.82) is 0 Å². The predicted octanol–water partition coefficient (Wildman–Crippen LogP) is 2.36. The molecule has 14 heavy (non-hydrogen) atoms. The molecule has 1 heterocycles. The molecule has 0 fully saturated rings. The van der Waals surface area contributed by atoms with E-state index in [9.17, 15) is 4.79 Å². The molecule has 1 amide bonds. The third kappa shape index (κ3) is 2.38. The number of furan rings is 1. The van der Waals surface area contributed by atoms with Crippen molar-refractivity contribution >= 4 is 21.8 Å². The van der Waals surface area contributed by atoms with E-state index in [1.165, 1.54) is 0 Å². The van der Waals surface area contributed by atoms with E-state index in [0.29, 0.717) is 17.9 Å². The van der Waals surface area contributed by atoms with Crippen LogP contribution in [0.3, 0.4) is 0 Å². The van der Waals surface area contributed by atoms with Gasteiger partial charge in [-0.25, -0.2) is 0 Å². The Kier molecular flexibility index (Phi) is 3.75. The summed E-state index contributed by atoms with van der Waals surface area (Å²) in [7, 11) is 1.78. The summed E-state index contributed by atoms with van der Waals surface area (Å²) in [6.45, 7) is 4.35. The van der Waals surface area contributed by atoms with Crippen molar-refractivity contribution in [3.05, 3.63) is 23.2 Å². The van der Waals surface area contributed by atoms with E-state index in [1.54, 1.807) is 18.0 Å². The van der Waals surface area contributed by atoms with Gasteiger partial charge in [0.1, 0.15) is 11.5 Å². The zero-order valence-electron chi connectivity index (χ0n) is 8.63. The predicted molar refractivity (Wildman–Crippen MR) is 58.9 cm³/mol. The van der Waals surface area contributed by atoms with Gasteiger partial charge in [0.25, 0.3) is 5.91 Å². The fourth-order valence-corrected chi connectivity index (χ4v) is 1.81. The van der Waals surface area contributed by atoms with Crippen LogP contribution in [0.1, 0.15) is 21.9 Å². The highest BCUT2D eigenvalue weighted by Gasteiger charge is 2.16. The van der Waals surface area contributed by atoms with Crippen molar-refractivity contribution in [2.75, 3.05) is 18.9 Å². The third-order valence-electron chi connectivity index (χ3n) is 2.04. The molecule has 3 nitrogen and oxygen atoms in total. The Morgan fingerprint density at radius 1 is 1.57 bits per heavy atom. The number of nitrogens with zero attached hydrogens (tertiary/aromatic N) is 1. The lowest BCUT2D eigenvalue weighted by Crippen LogP contribution is -2.28. The minimum atomic E-state index is 0.0128. The zero-order chi connectivity index (χ0) is 10.7. The summed E-state index contributed by atoms with van der Waals surface area (Å²) < 4.78 is 5.30. The average Bonchev–Trinajstić information content (AvgIpc) is 2.44. The number of aryl methyl sites for hydroxylation is 2. The Hall–Kier alpha value is -0.770. The van der Waals surface area contributed by atoms with Crippen LogP contribution in [0.5, 0.6) is 0 Å². The van der Waals surface area contributed by atoms with Gasteiger partial charge in [-0.05, 0) is 19.9 Å². The maximum absolute atomic E-state index is 11.8. The van der Waals surface area contributed by atoms with Gasteiger partial charge in [0.15, 0.2) is 0 Å². The van der Waals surface area contributed by atoms with E-state index >= 15 is 0 Å². The number of rotatable bonds is 3. The van der Waals surface area contributed by atoms with Gasteiger partial charge in [-0.15, -0.1) is 0 Å². The molecule has 0 aliphatic rings. The Morgan fingerprint density at radius 2 is 2.21 bits per heavy atom. The molecule has 78 valence electrons. The summed E-state index contributed by atoms with van der Waals surface area (Å²) in [5.41, 5.74) is 0.658. The molecule has 0 atom stereocenters. The highest BCUT2D eigenvalue weighted by molar-refractivity contribution is 9.09. The second-order valence-corrected chi connectivity index (χ2v) is 4.04. The summed E-state index contributed by atoms with van der Waals surface area (Å²) in [4.78, 5) is 13.5. The van der Waals surface area contributed by atoms with Crippen molar-refractivity contribution in [2.24, 2.45) is 0 Å². The van der Waals surface area contributed by atoms with Gasteiger partial charge < -0.3 is 9.32 Å². The largest absolute Gasteiger partial charge is 0.466 e. The highest BCUT2D eigenvalue weighted by Crippen LogP contribution is 2.15. The molecule has 0 saturated carbocycles. The van der Waals surface area contributed by atoms with Crippen molar-refractivity contribution in [1.82, 2.24) is 4.90 Å². The maximum Gasteiger partial charge on any atom is 0.257 e. The first-order chi connectivity index (χ1) is 6.56. The number of alkyl halides is 1. The van der Waals surface area contributed by atoms with Crippen LogP contribution in [-0.4, -0.2) is 29.7 Å². The van der Waals surface area contributed by atoms with Crippen LogP contribution in [0.25, 0.3) is 0 Å². The monoisotopic (exact) mass is 259 g/mol. The summed E-state index contributed by atoms with van der Waals surface area (Å²) in [5, 5.41) is 0.783. The Morgan fingerprint density at radius 3 is 2.64 bits per heavy atom. The van der Waals surface area contributed by atoms with Gasteiger partial charge in [-0.3, -0.25) is 4.79 Å². The number of amides is 1. The molecule has 1 aromatic heterocycles. The Bertz CT molecular complexity index is 333. The van der Waals surface area contributed by atoms with Gasteiger partial charge >= 0.3 is 0 Å². The topological polar surface area (TPSA) is 33.5 Å². The molecular weight excluding hydrogens is 246 g/mol. The number of hydrogen-bond acceptors (Lipinski definition) is 2. The van der Waals surface area contributed by atoms with Gasteiger partial charge in [0, 0.05) is 18.9 Å². The lowest BCUT2D eigenvalue weighted by atomic mass is 10.2. The lowest BCUT2D eigenvalue weighted by Gasteiger charge is -2.14. The minimum absolute atomic E-state index is 0.0128. The van der Waals surface area contributed by atoms with Crippen LogP contribution in [0, 0.1) is 13.8 Å². The Labute approximate surface area is 92.2 Å². The molecule has 0 spiro atoms. The first kappa shape index (κ1) is 11.3. The molecule has 0 saturated heterocycles. The molecule has 4 heteroatoms. The normalized spacial score (nSPS) is 10.3. The number of carbonyl (C=O) groups is 1. The Balaban J connectivity index is 2.83. The second kappa shape index (κ2) is 4.64. The van der Waals surface area contributed by atoms with E-state index in [4.69, 9.17) is 4.42 Å². The zero-order valence-corrected chi connectivity index (χ0v) is 10.2. The molecule has 0 aliphatic heterocycles. The third-order valence-corrected chi connectivity index (χ3v) is 2.39. The first-order valence-corrected chi connectivity index (χ1v) is 5.57. The number of halogens is 1. The van der Waals surface area contributed by atoms with Crippen molar-refractivity contribution < 1.29 is 9.21 Å². The minimum Gasteiger partial charge on any atom is -0.466 e. The smallest absolute Gasteiger partial charge is 0.257 e. The van der Waals surface area contributed by atoms with E-state index in [-0.39, 0.29) is 5.91 Å². The maximum atomic E-state index is 11.8. The van der Waals surface area contributed by atoms with E-state index in [0.717, 1.165) is 11.1 Å². The molecule has 1 aromatic rings. The fourth-order valence-electron chi connectivity index (χ4n) is 1.28. The first-order valence-electron chi connectivity index (χ1n) is 4.44. The average molecular weight is 260 g/mol. The summed E-state index contributed by atoms with van der Waals surface area (Å²) in [6.07, 6.45) is 0. The van der Waals surface area contributed by atoms with E-state index in [1.807, 2.05) is 13.8 Å². The van der Waals surface area contributed by atoms with Crippen LogP contribution in [0.4, 0.5) is 0 Å². The summed E-state index contributed by atoms with van der Waals surface area (Å²) in [5.74, 6) is 1.48. The molecule has 0 N–H and O–H groups in total. The molecule has 0 aromatic carbocycles. The second-order valence-electron chi connectivity index (χ2n) is 3.24. The van der Waals surface area contributed by atoms with Crippen LogP contribution in [-0.2, 0) is 0 Å². The molecular formula is C10H14BrNO2. The summed E-state index contributed by atoms with van der Waals surface area (Å²) in [6, 6.07) is 1.78. The number of hydrogen-bond donors (Lipinski definition) is 0. The number of carbonyl (C=O) groups excluding carboxylic acids is 1. The van der Waals surface area contributed by atoms with Gasteiger partial charge in [0.05, 0.1) is 5.56 Å². The molecule has 0 bridgehead atoms. The van der Waals surface area contributed by atoms with Crippen molar-refractivity contribution in [2.45, 2.75) is 13.8 Å². The van der Waals surface area contributed by atoms with E-state index < -0.39 is 0 Å². The van der Waals surface area contributed by atoms with Crippen molar-refractivity contribution in [3.8, 4) is 0 Å². The summed E-state index contributed by atoms with van der Waals surface area (Å²) >= 11 is 3.30. The van der Waals surface area contributed by atoms with Crippen molar-refractivity contribution in [3.63, 3.8) is 0 Å². The van der Waals surface area contributed by atoms with Crippen LogP contribution < -0.4 is 0 Å². The van der Waals surface area contributed by atoms with E-state index in [2.05, 4.69) is 15.9 Å². The van der Waals surface area contributed by atoms with Crippen LogP contribution in [0.2, 0.25) is 0 Å². The molecule has 0 radical (unpaired) electrons. The quantitative estimate of drug-likeness (QED) is 0.782.